The second-order valence-electron chi connectivity index (χ2n) is 5.32. The highest BCUT2D eigenvalue weighted by Gasteiger charge is 2.36. The molecule has 0 aliphatic heterocycles. The Balaban J connectivity index is 2.00. The predicted molar refractivity (Wildman–Crippen MR) is 90.1 cm³/mol. The molecule has 0 aliphatic carbocycles. The van der Waals surface area contributed by atoms with Crippen molar-refractivity contribution in [2.45, 2.75) is 26.6 Å². The van der Waals surface area contributed by atoms with E-state index in [1.807, 2.05) is 0 Å². The molecule has 0 bridgehead atoms. The zero-order valence-corrected chi connectivity index (χ0v) is 14.8. The molecule has 27 heavy (non-hydrogen) atoms. The Kier molecular flexibility index (Phi) is 6.86. The quantitative estimate of drug-likeness (QED) is 0.510. The Morgan fingerprint density at radius 3 is 2.41 bits per heavy atom. The standard InChI is InChI=1S/C18H19F3N2O4/c1-3-25-16(18(19,20)21)12-27-15-7-5-13(6-8-15)10-23-11-14(9-22-23)17(24)26-4-2/h5-9,11-12H,3-4,10H2,1-2H3/b16-12-. The summed E-state index contributed by atoms with van der Waals surface area (Å²) in [6, 6.07) is 6.43. The molecule has 0 fully saturated rings. The average molecular weight is 384 g/mol. The van der Waals surface area contributed by atoms with Crippen LogP contribution in [-0.2, 0) is 16.0 Å². The number of ether oxygens (including phenoxy) is 3. The lowest BCUT2D eigenvalue weighted by Gasteiger charge is -2.12. The summed E-state index contributed by atoms with van der Waals surface area (Å²) in [5, 5.41) is 4.08. The second kappa shape index (κ2) is 9.11. The molecule has 0 saturated heterocycles. The van der Waals surface area contributed by atoms with Crippen LogP contribution in [0, 0.1) is 0 Å². The van der Waals surface area contributed by atoms with E-state index in [2.05, 4.69) is 9.84 Å². The van der Waals surface area contributed by atoms with Gasteiger partial charge in [0.15, 0.2) is 0 Å². The fourth-order valence-corrected chi connectivity index (χ4v) is 2.09. The second-order valence-corrected chi connectivity index (χ2v) is 5.32. The van der Waals surface area contributed by atoms with E-state index in [1.54, 1.807) is 29.9 Å². The molecule has 0 N–H and O–H groups in total. The van der Waals surface area contributed by atoms with Crippen LogP contribution in [0.5, 0.6) is 5.75 Å². The number of halogens is 3. The van der Waals surface area contributed by atoms with E-state index < -0.39 is 17.9 Å². The summed E-state index contributed by atoms with van der Waals surface area (Å²) in [6.07, 6.45) is -1.11. The Labute approximate surface area is 154 Å². The molecule has 0 unspecified atom stereocenters. The van der Waals surface area contributed by atoms with Crippen molar-refractivity contribution in [2.24, 2.45) is 0 Å². The summed E-state index contributed by atoms with van der Waals surface area (Å²) in [5.41, 5.74) is 1.17. The molecule has 0 amide bonds. The zero-order chi connectivity index (χ0) is 19.9. The fraction of sp³-hybridized carbons (Fsp3) is 0.333. The lowest BCUT2D eigenvalue weighted by atomic mass is 10.2. The first kappa shape index (κ1) is 20.3. The monoisotopic (exact) mass is 384 g/mol. The van der Waals surface area contributed by atoms with Gasteiger partial charge in [-0.15, -0.1) is 0 Å². The SMILES string of the molecule is CCOC(=O)c1cnn(Cc2ccc(O/C=C(\OCC)C(F)(F)F)cc2)c1. The lowest BCUT2D eigenvalue weighted by Crippen LogP contribution is -2.15. The van der Waals surface area contributed by atoms with Gasteiger partial charge in [0, 0.05) is 6.20 Å². The number of aromatic nitrogens is 2. The highest BCUT2D eigenvalue weighted by Crippen LogP contribution is 2.27. The van der Waals surface area contributed by atoms with E-state index in [-0.39, 0.29) is 19.0 Å². The minimum Gasteiger partial charge on any atom is -0.487 e. The van der Waals surface area contributed by atoms with Gasteiger partial charge in [0.2, 0.25) is 5.76 Å². The van der Waals surface area contributed by atoms with Crippen LogP contribution in [0.2, 0.25) is 0 Å². The topological polar surface area (TPSA) is 62.6 Å². The number of carbonyl (C=O) groups excluding carboxylic acids is 1. The molecular formula is C18H19F3N2O4. The van der Waals surface area contributed by atoms with Crippen molar-refractivity contribution in [3.05, 3.63) is 59.8 Å². The number of esters is 1. The van der Waals surface area contributed by atoms with Gasteiger partial charge in [0.25, 0.3) is 0 Å². The molecule has 0 atom stereocenters. The molecule has 1 heterocycles. The summed E-state index contributed by atoms with van der Waals surface area (Å²) in [5.74, 6) is -1.42. The maximum atomic E-state index is 12.7. The first-order valence-corrected chi connectivity index (χ1v) is 8.18. The van der Waals surface area contributed by atoms with Crippen LogP contribution in [0.1, 0.15) is 29.8 Å². The van der Waals surface area contributed by atoms with E-state index in [4.69, 9.17) is 9.47 Å². The molecule has 0 saturated carbocycles. The zero-order valence-electron chi connectivity index (χ0n) is 14.8. The number of benzene rings is 1. The maximum Gasteiger partial charge on any atom is 0.452 e. The van der Waals surface area contributed by atoms with Crippen LogP contribution in [-0.4, -0.2) is 35.1 Å². The smallest absolute Gasteiger partial charge is 0.452 e. The summed E-state index contributed by atoms with van der Waals surface area (Å²) < 4.78 is 54.1. The lowest BCUT2D eigenvalue weighted by molar-refractivity contribution is -0.132. The third-order valence-corrected chi connectivity index (χ3v) is 3.29. The minimum absolute atomic E-state index is 0.120. The van der Waals surface area contributed by atoms with Crippen molar-refractivity contribution in [3.63, 3.8) is 0 Å². The van der Waals surface area contributed by atoms with Gasteiger partial charge in [-0.2, -0.15) is 18.3 Å². The van der Waals surface area contributed by atoms with Crippen molar-refractivity contribution in [3.8, 4) is 5.75 Å². The molecular weight excluding hydrogens is 365 g/mol. The van der Waals surface area contributed by atoms with Crippen molar-refractivity contribution in [1.29, 1.82) is 0 Å². The maximum absolute atomic E-state index is 12.7. The number of allylic oxidation sites excluding steroid dienone is 1. The fourth-order valence-electron chi connectivity index (χ4n) is 2.09. The minimum atomic E-state index is -4.62. The van der Waals surface area contributed by atoms with Gasteiger partial charge in [0.05, 0.1) is 31.5 Å². The molecule has 2 aromatic rings. The normalized spacial score (nSPS) is 12.0. The molecule has 0 radical (unpaired) electrons. The third kappa shape index (κ3) is 6.05. The molecule has 6 nitrogen and oxygen atoms in total. The number of carbonyl (C=O) groups is 1. The molecule has 146 valence electrons. The van der Waals surface area contributed by atoms with Gasteiger partial charge >= 0.3 is 12.1 Å². The van der Waals surface area contributed by atoms with Crippen LogP contribution < -0.4 is 4.74 Å². The molecule has 9 heteroatoms. The van der Waals surface area contributed by atoms with Crippen molar-refractivity contribution >= 4 is 5.97 Å². The predicted octanol–water partition coefficient (Wildman–Crippen LogP) is 3.93. The highest BCUT2D eigenvalue weighted by molar-refractivity contribution is 5.88. The summed E-state index contributed by atoms with van der Waals surface area (Å²) >= 11 is 0. The number of hydrogen-bond acceptors (Lipinski definition) is 5. The van der Waals surface area contributed by atoms with E-state index in [0.29, 0.717) is 18.4 Å². The molecule has 0 spiro atoms. The third-order valence-electron chi connectivity index (χ3n) is 3.29. The van der Waals surface area contributed by atoms with Crippen molar-refractivity contribution in [2.75, 3.05) is 13.2 Å². The summed E-state index contributed by atoms with van der Waals surface area (Å²) in [6.45, 7) is 3.71. The van der Waals surface area contributed by atoms with Gasteiger partial charge in [-0.1, -0.05) is 12.1 Å². The van der Waals surface area contributed by atoms with Crippen LogP contribution in [0.4, 0.5) is 13.2 Å². The summed E-state index contributed by atoms with van der Waals surface area (Å²) in [4.78, 5) is 11.6. The Bertz CT molecular complexity index is 783. The number of alkyl halides is 3. The van der Waals surface area contributed by atoms with Gasteiger partial charge in [0.1, 0.15) is 12.0 Å². The van der Waals surface area contributed by atoms with Gasteiger partial charge in [-0.3, -0.25) is 4.68 Å². The van der Waals surface area contributed by atoms with E-state index in [9.17, 15) is 18.0 Å². The molecule has 2 rings (SSSR count). The summed E-state index contributed by atoms with van der Waals surface area (Å²) in [7, 11) is 0. The number of nitrogens with zero attached hydrogens (tertiary/aromatic N) is 2. The van der Waals surface area contributed by atoms with E-state index >= 15 is 0 Å². The Hall–Kier alpha value is -2.97. The van der Waals surface area contributed by atoms with Gasteiger partial charge in [-0.25, -0.2) is 4.79 Å². The van der Waals surface area contributed by atoms with Crippen LogP contribution in [0.15, 0.2) is 48.7 Å². The van der Waals surface area contributed by atoms with E-state index in [0.717, 1.165) is 5.56 Å². The van der Waals surface area contributed by atoms with Crippen LogP contribution in [0.25, 0.3) is 0 Å². The number of rotatable bonds is 8. The average Bonchev–Trinajstić information content (AvgIpc) is 3.08. The number of hydrogen-bond donors (Lipinski definition) is 0. The first-order valence-electron chi connectivity index (χ1n) is 8.18. The molecule has 1 aromatic carbocycles. The van der Waals surface area contributed by atoms with Crippen molar-refractivity contribution < 1.29 is 32.2 Å². The van der Waals surface area contributed by atoms with E-state index in [1.165, 1.54) is 25.3 Å². The van der Waals surface area contributed by atoms with Gasteiger partial charge in [-0.05, 0) is 31.5 Å². The van der Waals surface area contributed by atoms with Gasteiger partial charge < -0.3 is 14.2 Å². The molecule has 0 aliphatic rings. The Morgan fingerprint density at radius 2 is 1.81 bits per heavy atom. The first-order chi connectivity index (χ1) is 12.8. The van der Waals surface area contributed by atoms with Crippen molar-refractivity contribution in [1.82, 2.24) is 9.78 Å². The highest BCUT2D eigenvalue weighted by atomic mass is 19.4. The van der Waals surface area contributed by atoms with Crippen LogP contribution in [0.3, 0.4) is 0 Å². The molecule has 1 aromatic heterocycles. The van der Waals surface area contributed by atoms with Crippen LogP contribution >= 0.6 is 0 Å². The Morgan fingerprint density at radius 1 is 1.15 bits per heavy atom. The largest absolute Gasteiger partial charge is 0.487 e.